The molecule has 1 atom stereocenters. The van der Waals surface area contributed by atoms with Crippen molar-refractivity contribution in [1.29, 1.82) is 0 Å². The average molecular weight is 307 g/mol. The SMILES string of the molecule is CCC(C)c1ccccc1Oc1nc(Cl)nc(N(C)C)n1. The minimum Gasteiger partial charge on any atom is -0.424 e. The van der Waals surface area contributed by atoms with Crippen LogP contribution in [0.2, 0.25) is 5.28 Å². The summed E-state index contributed by atoms with van der Waals surface area (Å²) < 4.78 is 5.83. The molecular formula is C15H19ClN4O. The Bertz CT molecular complexity index is 618. The molecule has 2 aromatic rings. The van der Waals surface area contributed by atoms with Crippen molar-refractivity contribution >= 4 is 17.5 Å². The van der Waals surface area contributed by atoms with Crippen molar-refractivity contribution in [1.82, 2.24) is 15.0 Å². The van der Waals surface area contributed by atoms with Crippen LogP contribution in [0.4, 0.5) is 5.95 Å². The Morgan fingerprint density at radius 2 is 1.90 bits per heavy atom. The Hall–Kier alpha value is -1.88. The van der Waals surface area contributed by atoms with Crippen molar-refractivity contribution in [3.8, 4) is 11.8 Å². The van der Waals surface area contributed by atoms with E-state index >= 15 is 0 Å². The fraction of sp³-hybridized carbons (Fsp3) is 0.400. The zero-order chi connectivity index (χ0) is 15.4. The highest BCUT2D eigenvalue weighted by Gasteiger charge is 2.13. The van der Waals surface area contributed by atoms with Crippen molar-refractivity contribution in [2.75, 3.05) is 19.0 Å². The predicted octanol–water partition coefficient (Wildman–Crippen LogP) is 3.90. The van der Waals surface area contributed by atoms with E-state index in [0.717, 1.165) is 17.7 Å². The summed E-state index contributed by atoms with van der Waals surface area (Å²) in [5.41, 5.74) is 1.13. The van der Waals surface area contributed by atoms with Gasteiger partial charge in [0, 0.05) is 14.1 Å². The third kappa shape index (κ3) is 3.82. The molecule has 1 heterocycles. The molecule has 2 rings (SSSR count). The van der Waals surface area contributed by atoms with Gasteiger partial charge in [-0.15, -0.1) is 0 Å². The van der Waals surface area contributed by atoms with Gasteiger partial charge >= 0.3 is 6.01 Å². The second-order valence-corrected chi connectivity index (χ2v) is 5.37. The minimum atomic E-state index is 0.115. The van der Waals surface area contributed by atoms with Gasteiger partial charge in [0.05, 0.1) is 0 Å². The third-order valence-electron chi connectivity index (χ3n) is 3.24. The summed E-state index contributed by atoms with van der Waals surface area (Å²) in [7, 11) is 3.67. The van der Waals surface area contributed by atoms with Gasteiger partial charge in [0.2, 0.25) is 11.2 Å². The van der Waals surface area contributed by atoms with Crippen molar-refractivity contribution in [2.45, 2.75) is 26.2 Å². The highest BCUT2D eigenvalue weighted by atomic mass is 35.5. The van der Waals surface area contributed by atoms with Crippen LogP contribution in [0.3, 0.4) is 0 Å². The summed E-state index contributed by atoms with van der Waals surface area (Å²) in [5.74, 6) is 1.61. The smallest absolute Gasteiger partial charge is 0.328 e. The number of ether oxygens (including phenoxy) is 1. The number of nitrogens with zero attached hydrogens (tertiary/aromatic N) is 4. The van der Waals surface area contributed by atoms with Gasteiger partial charge in [-0.1, -0.05) is 32.0 Å². The number of hydrogen-bond donors (Lipinski definition) is 0. The van der Waals surface area contributed by atoms with Crippen LogP contribution in [0.15, 0.2) is 24.3 Å². The number of hydrogen-bond acceptors (Lipinski definition) is 5. The second-order valence-electron chi connectivity index (χ2n) is 5.03. The molecular weight excluding hydrogens is 288 g/mol. The summed E-state index contributed by atoms with van der Waals surface area (Å²) in [6.45, 7) is 4.30. The van der Waals surface area contributed by atoms with Crippen LogP contribution >= 0.6 is 11.6 Å². The zero-order valence-electron chi connectivity index (χ0n) is 12.7. The second kappa shape index (κ2) is 6.72. The Kier molecular flexibility index (Phi) is 4.96. The van der Waals surface area contributed by atoms with E-state index < -0.39 is 0 Å². The van der Waals surface area contributed by atoms with E-state index in [2.05, 4.69) is 34.9 Å². The van der Waals surface area contributed by atoms with E-state index in [1.165, 1.54) is 0 Å². The van der Waals surface area contributed by atoms with Gasteiger partial charge in [0.1, 0.15) is 5.75 Å². The van der Waals surface area contributed by atoms with Crippen LogP contribution in [0.1, 0.15) is 31.7 Å². The maximum Gasteiger partial charge on any atom is 0.328 e. The third-order valence-corrected chi connectivity index (χ3v) is 3.41. The molecule has 0 amide bonds. The molecule has 21 heavy (non-hydrogen) atoms. The maximum atomic E-state index is 5.92. The number of halogens is 1. The molecule has 0 N–H and O–H groups in total. The normalized spacial score (nSPS) is 12.0. The summed E-state index contributed by atoms with van der Waals surface area (Å²) in [4.78, 5) is 14.1. The first-order valence-corrected chi connectivity index (χ1v) is 7.24. The van der Waals surface area contributed by atoms with Crippen molar-refractivity contribution in [2.24, 2.45) is 0 Å². The summed E-state index contributed by atoms with van der Waals surface area (Å²) in [6, 6.07) is 8.10. The summed E-state index contributed by atoms with van der Waals surface area (Å²) in [5, 5.41) is 0.115. The Morgan fingerprint density at radius 1 is 1.19 bits per heavy atom. The van der Waals surface area contributed by atoms with Gasteiger partial charge < -0.3 is 9.64 Å². The fourth-order valence-corrected chi connectivity index (χ4v) is 2.01. The predicted molar refractivity (Wildman–Crippen MR) is 84.4 cm³/mol. The highest BCUT2D eigenvalue weighted by molar-refractivity contribution is 6.28. The van der Waals surface area contributed by atoms with Gasteiger partial charge in [0.25, 0.3) is 0 Å². The molecule has 0 fully saturated rings. The molecule has 0 radical (unpaired) electrons. The molecule has 0 aliphatic heterocycles. The van der Waals surface area contributed by atoms with Gasteiger partial charge in [-0.05, 0) is 35.6 Å². The Balaban J connectivity index is 2.34. The molecule has 0 saturated heterocycles. The van der Waals surface area contributed by atoms with E-state index in [1.807, 2.05) is 32.3 Å². The van der Waals surface area contributed by atoms with Crippen LogP contribution in [-0.4, -0.2) is 29.0 Å². The van der Waals surface area contributed by atoms with E-state index in [1.54, 1.807) is 4.90 Å². The molecule has 0 saturated carbocycles. The number of anilines is 1. The molecule has 1 aromatic heterocycles. The molecule has 1 aromatic carbocycles. The number of rotatable bonds is 5. The standard InChI is InChI=1S/C15H19ClN4O/c1-5-10(2)11-8-6-7-9-12(11)21-15-18-13(16)17-14(19-15)20(3)4/h6-10H,5H2,1-4H3. The Morgan fingerprint density at radius 3 is 2.57 bits per heavy atom. The lowest BCUT2D eigenvalue weighted by Crippen LogP contribution is -2.14. The van der Waals surface area contributed by atoms with Crippen LogP contribution in [0.5, 0.6) is 11.8 Å². The lowest BCUT2D eigenvalue weighted by atomic mass is 9.98. The fourth-order valence-electron chi connectivity index (χ4n) is 1.87. The first-order chi connectivity index (χ1) is 10.0. The van der Waals surface area contributed by atoms with Crippen LogP contribution in [0.25, 0.3) is 0 Å². The summed E-state index contributed by atoms with van der Waals surface area (Å²) in [6.07, 6.45) is 1.03. The van der Waals surface area contributed by atoms with Gasteiger partial charge in [0.15, 0.2) is 0 Å². The maximum absolute atomic E-state index is 5.92. The van der Waals surface area contributed by atoms with Gasteiger partial charge in [-0.2, -0.15) is 15.0 Å². The number of aromatic nitrogens is 3. The van der Waals surface area contributed by atoms with E-state index in [0.29, 0.717) is 11.9 Å². The van der Waals surface area contributed by atoms with Crippen molar-refractivity contribution in [3.05, 3.63) is 35.1 Å². The molecule has 5 nitrogen and oxygen atoms in total. The minimum absolute atomic E-state index is 0.115. The van der Waals surface area contributed by atoms with Crippen molar-refractivity contribution in [3.63, 3.8) is 0 Å². The quantitative estimate of drug-likeness (QED) is 0.838. The molecule has 6 heteroatoms. The number of para-hydroxylation sites is 1. The lowest BCUT2D eigenvalue weighted by molar-refractivity contribution is 0.430. The van der Waals surface area contributed by atoms with Gasteiger partial charge in [-0.3, -0.25) is 0 Å². The average Bonchev–Trinajstić information content (AvgIpc) is 2.46. The molecule has 0 aliphatic carbocycles. The van der Waals surface area contributed by atoms with Gasteiger partial charge in [-0.25, -0.2) is 0 Å². The first kappa shape index (κ1) is 15.5. The number of benzene rings is 1. The van der Waals surface area contributed by atoms with Crippen molar-refractivity contribution < 1.29 is 4.74 Å². The van der Waals surface area contributed by atoms with E-state index in [9.17, 15) is 0 Å². The monoisotopic (exact) mass is 306 g/mol. The van der Waals surface area contributed by atoms with E-state index in [-0.39, 0.29) is 11.3 Å². The zero-order valence-corrected chi connectivity index (χ0v) is 13.4. The lowest BCUT2D eigenvalue weighted by Gasteiger charge is -2.15. The molecule has 1 unspecified atom stereocenters. The largest absolute Gasteiger partial charge is 0.424 e. The topological polar surface area (TPSA) is 51.1 Å². The molecule has 112 valence electrons. The van der Waals surface area contributed by atoms with Crippen LogP contribution < -0.4 is 9.64 Å². The van der Waals surface area contributed by atoms with Crippen LogP contribution in [-0.2, 0) is 0 Å². The Labute approximate surface area is 130 Å². The summed E-state index contributed by atoms with van der Waals surface area (Å²) >= 11 is 5.92. The molecule has 0 spiro atoms. The first-order valence-electron chi connectivity index (χ1n) is 6.87. The highest BCUT2D eigenvalue weighted by Crippen LogP contribution is 2.31. The van der Waals surface area contributed by atoms with E-state index in [4.69, 9.17) is 16.3 Å². The van der Waals surface area contributed by atoms with Crippen LogP contribution in [0, 0.1) is 0 Å². The molecule has 0 bridgehead atoms. The molecule has 0 aliphatic rings.